The van der Waals surface area contributed by atoms with Crippen LogP contribution in [0.25, 0.3) is 11.1 Å². The van der Waals surface area contributed by atoms with Crippen LogP contribution in [0.1, 0.15) is 10.4 Å². The maximum atomic E-state index is 13.5. The molecule has 0 unspecified atom stereocenters. The van der Waals surface area contributed by atoms with E-state index in [-0.39, 0.29) is 21.8 Å². The van der Waals surface area contributed by atoms with Crippen LogP contribution in [0.4, 0.5) is 8.78 Å². The number of benzene rings is 1. The number of carbonyl (C=O) groups is 1. The predicted octanol–water partition coefficient (Wildman–Crippen LogP) is 3.38. The number of aromatic carboxylic acids is 1. The molecule has 0 aliphatic rings. The Hall–Kier alpha value is -2.01. The molecular weight excluding hydrogens is 264 g/mol. The van der Waals surface area contributed by atoms with Gasteiger partial charge < -0.3 is 5.11 Å². The van der Waals surface area contributed by atoms with Crippen molar-refractivity contribution in [2.45, 2.75) is 0 Å². The smallest absolute Gasteiger partial charge is 0.338 e. The Morgan fingerprint density at radius 3 is 2.72 bits per heavy atom. The molecule has 0 bridgehead atoms. The van der Waals surface area contributed by atoms with Crippen LogP contribution in [0.2, 0.25) is 5.15 Å². The van der Waals surface area contributed by atoms with E-state index in [2.05, 4.69) is 4.98 Å². The number of pyridine rings is 1. The van der Waals surface area contributed by atoms with Gasteiger partial charge in [-0.15, -0.1) is 0 Å². The molecule has 3 nitrogen and oxygen atoms in total. The van der Waals surface area contributed by atoms with Crippen LogP contribution in [0.3, 0.4) is 0 Å². The molecule has 6 heteroatoms. The van der Waals surface area contributed by atoms with E-state index in [4.69, 9.17) is 16.7 Å². The minimum Gasteiger partial charge on any atom is -0.478 e. The molecular formula is C12H6ClF2NO2. The van der Waals surface area contributed by atoms with E-state index in [0.717, 1.165) is 12.1 Å². The lowest BCUT2D eigenvalue weighted by Gasteiger charge is -2.05. The van der Waals surface area contributed by atoms with E-state index in [1.54, 1.807) is 0 Å². The number of carboxylic acids is 1. The van der Waals surface area contributed by atoms with Gasteiger partial charge in [-0.2, -0.15) is 0 Å². The van der Waals surface area contributed by atoms with Gasteiger partial charge in [-0.1, -0.05) is 23.7 Å². The monoisotopic (exact) mass is 269 g/mol. The van der Waals surface area contributed by atoms with Crippen molar-refractivity contribution >= 4 is 17.6 Å². The molecule has 0 aliphatic heterocycles. The first-order valence-corrected chi connectivity index (χ1v) is 5.21. The Labute approximate surface area is 106 Å². The first-order chi connectivity index (χ1) is 8.50. The highest BCUT2D eigenvalue weighted by atomic mass is 35.5. The fourth-order valence-electron chi connectivity index (χ4n) is 1.47. The van der Waals surface area contributed by atoms with Gasteiger partial charge in [0.25, 0.3) is 0 Å². The molecule has 0 saturated heterocycles. The number of hydrogen-bond donors (Lipinski definition) is 1. The Morgan fingerprint density at radius 2 is 2.06 bits per heavy atom. The van der Waals surface area contributed by atoms with Crippen molar-refractivity contribution in [3.05, 3.63) is 52.8 Å². The molecule has 0 atom stereocenters. The highest BCUT2D eigenvalue weighted by molar-refractivity contribution is 6.32. The van der Waals surface area contributed by atoms with Crippen LogP contribution in [0.5, 0.6) is 0 Å². The Morgan fingerprint density at radius 1 is 1.33 bits per heavy atom. The highest BCUT2D eigenvalue weighted by Gasteiger charge is 2.15. The highest BCUT2D eigenvalue weighted by Crippen LogP contribution is 2.26. The number of carboxylic acid groups (broad SMARTS) is 1. The third kappa shape index (κ3) is 2.17. The maximum absolute atomic E-state index is 13.5. The number of halogens is 3. The summed E-state index contributed by atoms with van der Waals surface area (Å²) in [6, 6.07) is 4.77. The Balaban J connectivity index is 2.62. The number of nitrogens with zero attached hydrogens (tertiary/aromatic N) is 1. The zero-order valence-corrected chi connectivity index (χ0v) is 9.58. The third-order valence-electron chi connectivity index (χ3n) is 2.33. The van der Waals surface area contributed by atoms with Crippen molar-refractivity contribution in [2.75, 3.05) is 0 Å². The van der Waals surface area contributed by atoms with E-state index in [1.807, 2.05) is 0 Å². The standard InChI is InChI=1S/C12H6ClF2NO2/c13-11-8(12(17)18)4-6(5-16-11)7-2-1-3-9(14)10(7)15/h1-5H,(H,17,18). The first kappa shape index (κ1) is 12.4. The normalized spacial score (nSPS) is 10.4. The van der Waals surface area contributed by atoms with Crippen molar-refractivity contribution < 1.29 is 18.7 Å². The zero-order chi connectivity index (χ0) is 13.3. The van der Waals surface area contributed by atoms with E-state index in [1.165, 1.54) is 18.3 Å². The molecule has 0 saturated carbocycles. The molecule has 0 radical (unpaired) electrons. The lowest BCUT2D eigenvalue weighted by molar-refractivity contribution is 0.0696. The van der Waals surface area contributed by atoms with Crippen molar-refractivity contribution in [1.29, 1.82) is 0 Å². The molecule has 1 heterocycles. The second-order valence-corrected chi connectivity index (χ2v) is 3.83. The molecule has 2 aromatic rings. The lowest BCUT2D eigenvalue weighted by atomic mass is 10.1. The molecule has 0 spiro atoms. The molecule has 0 aliphatic carbocycles. The fourth-order valence-corrected chi connectivity index (χ4v) is 1.66. The second-order valence-electron chi connectivity index (χ2n) is 3.47. The Bertz CT molecular complexity index is 631. The van der Waals surface area contributed by atoms with Gasteiger partial charge in [-0.05, 0) is 12.1 Å². The molecule has 1 N–H and O–H groups in total. The molecule has 18 heavy (non-hydrogen) atoms. The SMILES string of the molecule is O=C(O)c1cc(-c2cccc(F)c2F)cnc1Cl. The van der Waals surface area contributed by atoms with Crippen LogP contribution in [0, 0.1) is 11.6 Å². The van der Waals surface area contributed by atoms with Crippen molar-refractivity contribution in [3.63, 3.8) is 0 Å². The van der Waals surface area contributed by atoms with Crippen LogP contribution in [0.15, 0.2) is 30.5 Å². The lowest BCUT2D eigenvalue weighted by Crippen LogP contribution is -2.00. The summed E-state index contributed by atoms with van der Waals surface area (Å²) in [6.45, 7) is 0. The van der Waals surface area contributed by atoms with Gasteiger partial charge in [0.15, 0.2) is 11.6 Å². The molecule has 1 aromatic carbocycles. The molecule has 2 rings (SSSR count). The summed E-state index contributed by atoms with van der Waals surface area (Å²) in [6.07, 6.45) is 1.19. The van der Waals surface area contributed by atoms with Crippen molar-refractivity contribution in [1.82, 2.24) is 4.98 Å². The fraction of sp³-hybridized carbons (Fsp3) is 0. The van der Waals surface area contributed by atoms with Gasteiger partial charge in [0, 0.05) is 17.3 Å². The summed E-state index contributed by atoms with van der Waals surface area (Å²) < 4.78 is 26.6. The summed E-state index contributed by atoms with van der Waals surface area (Å²) in [5.41, 5.74) is -0.187. The van der Waals surface area contributed by atoms with Gasteiger partial charge in [0.2, 0.25) is 0 Å². The summed E-state index contributed by atoms with van der Waals surface area (Å²) in [7, 11) is 0. The molecule has 1 aromatic heterocycles. The van der Waals surface area contributed by atoms with Gasteiger partial charge in [0.1, 0.15) is 5.15 Å². The topological polar surface area (TPSA) is 50.2 Å². The molecule has 0 fully saturated rings. The summed E-state index contributed by atoms with van der Waals surface area (Å²) in [4.78, 5) is 14.5. The van der Waals surface area contributed by atoms with Gasteiger partial charge >= 0.3 is 5.97 Å². The van der Waals surface area contributed by atoms with Crippen molar-refractivity contribution in [2.24, 2.45) is 0 Å². The van der Waals surface area contributed by atoms with Crippen LogP contribution in [-0.2, 0) is 0 Å². The number of rotatable bonds is 2. The molecule has 92 valence electrons. The largest absolute Gasteiger partial charge is 0.478 e. The van der Waals surface area contributed by atoms with Crippen LogP contribution in [-0.4, -0.2) is 16.1 Å². The van der Waals surface area contributed by atoms with E-state index in [0.29, 0.717) is 0 Å². The zero-order valence-electron chi connectivity index (χ0n) is 8.82. The quantitative estimate of drug-likeness (QED) is 0.850. The van der Waals surface area contributed by atoms with Gasteiger partial charge in [-0.25, -0.2) is 18.6 Å². The average Bonchev–Trinajstić information content (AvgIpc) is 2.33. The van der Waals surface area contributed by atoms with E-state index < -0.39 is 17.6 Å². The Kier molecular flexibility index (Phi) is 3.25. The third-order valence-corrected chi connectivity index (χ3v) is 2.63. The predicted molar refractivity (Wildman–Crippen MR) is 61.6 cm³/mol. The van der Waals surface area contributed by atoms with Gasteiger partial charge in [-0.3, -0.25) is 0 Å². The number of hydrogen-bond acceptors (Lipinski definition) is 2. The summed E-state index contributed by atoms with van der Waals surface area (Å²) in [5, 5.41) is 8.66. The summed E-state index contributed by atoms with van der Waals surface area (Å²) >= 11 is 5.59. The second kappa shape index (κ2) is 4.70. The van der Waals surface area contributed by atoms with E-state index >= 15 is 0 Å². The van der Waals surface area contributed by atoms with E-state index in [9.17, 15) is 13.6 Å². The van der Waals surface area contributed by atoms with Crippen LogP contribution >= 0.6 is 11.6 Å². The minimum absolute atomic E-state index is 0.0679. The average molecular weight is 270 g/mol. The maximum Gasteiger partial charge on any atom is 0.338 e. The first-order valence-electron chi connectivity index (χ1n) is 4.84. The van der Waals surface area contributed by atoms with Crippen molar-refractivity contribution in [3.8, 4) is 11.1 Å². The van der Waals surface area contributed by atoms with Gasteiger partial charge in [0.05, 0.1) is 5.56 Å². The summed E-state index contributed by atoms with van der Waals surface area (Å²) in [5.74, 6) is -3.36. The minimum atomic E-state index is -1.29. The number of aromatic nitrogens is 1. The van der Waals surface area contributed by atoms with Crippen LogP contribution < -0.4 is 0 Å². The molecule has 0 amide bonds.